The zero-order valence-corrected chi connectivity index (χ0v) is 10.4. The van der Waals surface area contributed by atoms with Gasteiger partial charge < -0.3 is 11.5 Å². The molecular formula is C14H23N3. The van der Waals surface area contributed by atoms with Crippen LogP contribution in [0.4, 0.5) is 0 Å². The number of benzene rings is 1. The van der Waals surface area contributed by atoms with Crippen LogP contribution >= 0.6 is 0 Å². The number of likely N-dealkylation sites (tertiary alicyclic amines) is 1. The molecule has 3 nitrogen and oxygen atoms in total. The minimum absolute atomic E-state index is 0.133. The molecule has 0 aromatic heterocycles. The van der Waals surface area contributed by atoms with E-state index >= 15 is 0 Å². The van der Waals surface area contributed by atoms with Crippen LogP contribution in [-0.2, 0) is 6.54 Å². The zero-order valence-electron chi connectivity index (χ0n) is 10.4. The highest BCUT2D eigenvalue weighted by molar-refractivity contribution is 5.14. The van der Waals surface area contributed by atoms with E-state index in [9.17, 15) is 0 Å². The first-order chi connectivity index (χ1) is 8.22. The molecule has 3 heteroatoms. The maximum absolute atomic E-state index is 6.26. The summed E-state index contributed by atoms with van der Waals surface area (Å²) in [6, 6.07) is 10.6. The Balaban J connectivity index is 1.91. The van der Waals surface area contributed by atoms with E-state index in [1.165, 1.54) is 5.56 Å². The van der Waals surface area contributed by atoms with Crippen LogP contribution in [0.15, 0.2) is 30.3 Å². The summed E-state index contributed by atoms with van der Waals surface area (Å²) in [5.74, 6) is 0. The molecule has 1 heterocycles. The van der Waals surface area contributed by atoms with Gasteiger partial charge in [0.1, 0.15) is 0 Å². The largest absolute Gasteiger partial charge is 0.329 e. The number of hydrogen-bond acceptors (Lipinski definition) is 3. The van der Waals surface area contributed by atoms with E-state index in [0.717, 1.165) is 38.9 Å². The van der Waals surface area contributed by atoms with Crippen molar-refractivity contribution < 1.29 is 0 Å². The molecule has 1 fully saturated rings. The van der Waals surface area contributed by atoms with Gasteiger partial charge in [0.25, 0.3) is 0 Å². The molecule has 0 spiro atoms. The van der Waals surface area contributed by atoms with Gasteiger partial charge >= 0.3 is 0 Å². The second-order valence-electron chi connectivity index (χ2n) is 5.18. The average Bonchev–Trinajstić information content (AvgIpc) is 2.54. The molecule has 0 bridgehead atoms. The molecule has 0 saturated carbocycles. The Labute approximate surface area is 104 Å². The average molecular weight is 233 g/mol. The van der Waals surface area contributed by atoms with Gasteiger partial charge in [-0.1, -0.05) is 30.3 Å². The molecule has 1 aliphatic rings. The fourth-order valence-electron chi connectivity index (χ4n) is 2.48. The van der Waals surface area contributed by atoms with E-state index in [1.807, 2.05) is 0 Å². The van der Waals surface area contributed by atoms with Crippen LogP contribution in [0.2, 0.25) is 0 Å². The van der Waals surface area contributed by atoms with Crippen LogP contribution in [0.1, 0.15) is 24.8 Å². The predicted octanol–water partition coefficient (Wildman–Crippen LogP) is 1.33. The summed E-state index contributed by atoms with van der Waals surface area (Å²) >= 11 is 0. The lowest BCUT2D eigenvalue weighted by molar-refractivity contribution is 0.268. The monoisotopic (exact) mass is 233 g/mol. The number of rotatable bonds is 3. The van der Waals surface area contributed by atoms with Gasteiger partial charge in [-0.3, -0.25) is 4.90 Å². The smallest absolute Gasteiger partial charge is 0.0291 e. The summed E-state index contributed by atoms with van der Waals surface area (Å²) in [4.78, 5) is 2.49. The topological polar surface area (TPSA) is 55.3 Å². The lowest BCUT2D eigenvalue weighted by Crippen LogP contribution is -2.47. The molecule has 1 aliphatic heterocycles. The SMILES string of the molecule is NCC1(N)CCCN(Cc2ccccc2)CC1. The second kappa shape index (κ2) is 5.63. The predicted molar refractivity (Wildman–Crippen MR) is 71.5 cm³/mol. The Bertz CT molecular complexity index is 339. The molecule has 0 radical (unpaired) electrons. The summed E-state index contributed by atoms with van der Waals surface area (Å²) in [6.45, 7) is 3.82. The van der Waals surface area contributed by atoms with Crippen LogP contribution in [-0.4, -0.2) is 30.1 Å². The molecule has 1 aromatic carbocycles. The Kier molecular flexibility index (Phi) is 4.15. The van der Waals surface area contributed by atoms with Gasteiger partial charge in [-0.2, -0.15) is 0 Å². The Hall–Kier alpha value is -0.900. The molecule has 0 amide bonds. The van der Waals surface area contributed by atoms with Crippen molar-refractivity contribution in [1.82, 2.24) is 4.90 Å². The molecule has 4 N–H and O–H groups in total. The van der Waals surface area contributed by atoms with E-state index in [1.54, 1.807) is 0 Å². The lowest BCUT2D eigenvalue weighted by atomic mass is 9.92. The maximum Gasteiger partial charge on any atom is 0.0291 e. The number of hydrogen-bond donors (Lipinski definition) is 2. The van der Waals surface area contributed by atoms with Crippen molar-refractivity contribution in [1.29, 1.82) is 0 Å². The standard InChI is InChI=1S/C14H23N3/c15-12-14(16)7-4-9-17(10-8-14)11-13-5-2-1-3-6-13/h1-3,5-6H,4,7-12,15-16H2. The molecule has 1 unspecified atom stereocenters. The van der Waals surface area contributed by atoms with Gasteiger partial charge in [0.05, 0.1) is 0 Å². The van der Waals surface area contributed by atoms with E-state index in [-0.39, 0.29) is 5.54 Å². The van der Waals surface area contributed by atoms with E-state index < -0.39 is 0 Å². The zero-order chi connectivity index (χ0) is 12.1. The van der Waals surface area contributed by atoms with Crippen LogP contribution in [0.25, 0.3) is 0 Å². The summed E-state index contributed by atoms with van der Waals surface area (Å²) in [5.41, 5.74) is 13.3. The van der Waals surface area contributed by atoms with Crippen molar-refractivity contribution in [2.24, 2.45) is 11.5 Å². The molecule has 17 heavy (non-hydrogen) atoms. The van der Waals surface area contributed by atoms with Gasteiger partial charge in [-0.25, -0.2) is 0 Å². The van der Waals surface area contributed by atoms with Gasteiger partial charge in [0, 0.05) is 25.2 Å². The van der Waals surface area contributed by atoms with Gasteiger partial charge in [0.2, 0.25) is 0 Å². The normalized spacial score (nSPS) is 26.7. The Morgan fingerprint density at radius 3 is 2.59 bits per heavy atom. The van der Waals surface area contributed by atoms with Crippen LogP contribution in [0.3, 0.4) is 0 Å². The van der Waals surface area contributed by atoms with E-state index in [4.69, 9.17) is 11.5 Å². The maximum atomic E-state index is 6.26. The molecular weight excluding hydrogens is 210 g/mol. The highest BCUT2D eigenvalue weighted by Gasteiger charge is 2.26. The van der Waals surface area contributed by atoms with Crippen molar-refractivity contribution >= 4 is 0 Å². The molecule has 2 rings (SSSR count). The van der Waals surface area contributed by atoms with Crippen LogP contribution in [0, 0.1) is 0 Å². The lowest BCUT2D eigenvalue weighted by Gasteiger charge is -2.26. The second-order valence-corrected chi connectivity index (χ2v) is 5.18. The van der Waals surface area contributed by atoms with Crippen LogP contribution < -0.4 is 11.5 Å². The van der Waals surface area contributed by atoms with E-state index in [0.29, 0.717) is 6.54 Å². The van der Waals surface area contributed by atoms with E-state index in [2.05, 4.69) is 35.2 Å². The van der Waals surface area contributed by atoms with Crippen LogP contribution in [0.5, 0.6) is 0 Å². The van der Waals surface area contributed by atoms with Gasteiger partial charge in [-0.05, 0) is 31.4 Å². The van der Waals surface area contributed by atoms with Gasteiger partial charge in [0.15, 0.2) is 0 Å². The third-order valence-corrected chi connectivity index (χ3v) is 3.73. The highest BCUT2D eigenvalue weighted by atomic mass is 15.1. The minimum atomic E-state index is -0.133. The number of nitrogens with two attached hydrogens (primary N) is 2. The summed E-state index contributed by atoms with van der Waals surface area (Å²) in [7, 11) is 0. The Morgan fingerprint density at radius 2 is 1.88 bits per heavy atom. The van der Waals surface area contributed by atoms with Crippen molar-refractivity contribution in [3.05, 3.63) is 35.9 Å². The van der Waals surface area contributed by atoms with Crippen molar-refractivity contribution in [3.63, 3.8) is 0 Å². The van der Waals surface area contributed by atoms with Crippen molar-refractivity contribution in [3.8, 4) is 0 Å². The molecule has 1 atom stereocenters. The third-order valence-electron chi connectivity index (χ3n) is 3.73. The Morgan fingerprint density at radius 1 is 1.12 bits per heavy atom. The first-order valence-corrected chi connectivity index (χ1v) is 6.47. The fourth-order valence-corrected chi connectivity index (χ4v) is 2.48. The summed E-state index contributed by atoms with van der Waals surface area (Å²) in [5, 5.41) is 0. The molecule has 1 aromatic rings. The highest BCUT2D eigenvalue weighted by Crippen LogP contribution is 2.20. The molecule has 0 aliphatic carbocycles. The quantitative estimate of drug-likeness (QED) is 0.828. The van der Waals surface area contributed by atoms with Crippen molar-refractivity contribution in [2.45, 2.75) is 31.3 Å². The third kappa shape index (κ3) is 3.53. The first kappa shape index (κ1) is 12.6. The van der Waals surface area contributed by atoms with Gasteiger partial charge in [-0.15, -0.1) is 0 Å². The minimum Gasteiger partial charge on any atom is -0.329 e. The number of nitrogens with zero attached hydrogens (tertiary/aromatic N) is 1. The summed E-state index contributed by atoms with van der Waals surface area (Å²) < 4.78 is 0. The first-order valence-electron chi connectivity index (χ1n) is 6.47. The van der Waals surface area contributed by atoms with Crippen molar-refractivity contribution in [2.75, 3.05) is 19.6 Å². The molecule has 1 saturated heterocycles. The summed E-state index contributed by atoms with van der Waals surface area (Å²) in [6.07, 6.45) is 3.21. The molecule has 94 valence electrons. The fraction of sp³-hybridized carbons (Fsp3) is 0.571.